The van der Waals surface area contributed by atoms with Gasteiger partial charge in [-0.15, -0.1) is 0 Å². The number of hydrogen-bond acceptors (Lipinski definition) is 1. The summed E-state index contributed by atoms with van der Waals surface area (Å²) in [5.74, 6) is -0.893. The highest BCUT2D eigenvalue weighted by molar-refractivity contribution is 9.10. The molecule has 1 nitrogen and oxygen atoms in total. The third-order valence-corrected chi connectivity index (χ3v) is 3.42. The SMILES string of the molecule is CC(C(=O)c1ccc(Br)cc1)c1ccccc1F. The van der Waals surface area contributed by atoms with Crippen LogP contribution >= 0.6 is 15.9 Å². The average molecular weight is 307 g/mol. The zero-order valence-corrected chi connectivity index (χ0v) is 11.4. The normalized spacial score (nSPS) is 12.2. The van der Waals surface area contributed by atoms with Crippen LogP contribution in [0.4, 0.5) is 4.39 Å². The maximum Gasteiger partial charge on any atom is 0.170 e. The summed E-state index contributed by atoms with van der Waals surface area (Å²) in [6, 6.07) is 13.5. The highest BCUT2D eigenvalue weighted by Gasteiger charge is 2.19. The highest BCUT2D eigenvalue weighted by Crippen LogP contribution is 2.23. The fraction of sp³-hybridized carbons (Fsp3) is 0.133. The first-order valence-electron chi connectivity index (χ1n) is 5.64. The maximum atomic E-state index is 13.6. The Morgan fingerprint density at radius 1 is 1.11 bits per heavy atom. The summed E-state index contributed by atoms with van der Waals surface area (Å²) >= 11 is 3.32. The van der Waals surface area contributed by atoms with Crippen molar-refractivity contribution in [2.75, 3.05) is 0 Å². The van der Waals surface area contributed by atoms with Crippen LogP contribution in [0.1, 0.15) is 28.8 Å². The van der Waals surface area contributed by atoms with E-state index in [9.17, 15) is 9.18 Å². The number of carbonyl (C=O) groups is 1. The molecule has 0 saturated heterocycles. The number of hydrogen-bond donors (Lipinski definition) is 0. The van der Waals surface area contributed by atoms with E-state index in [2.05, 4.69) is 15.9 Å². The molecule has 3 heteroatoms. The van der Waals surface area contributed by atoms with E-state index in [1.165, 1.54) is 6.07 Å². The molecule has 0 amide bonds. The van der Waals surface area contributed by atoms with Crippen LogP contribution in [0.2, 0.25) is 0 Å². The molecular formula is C15H12BrFO. The molecular weight excluding hydrogens is 295 g/mol. The molecule has 92 valence electrons. The number of benzene rings is 2. The molecule has 0 saturated carbocycles. The smallest absolute Gasteiger partial charge is 0.170 e. The summed E-state index contributed by atoms with van der Waals surface area (Å²) in [4.78, 5) is 12.2. The standard InChI is InChI=1S/C15H12BrFO/c1-10(13-4-2-3-5-14(13)17)15(18)11-6-8-12(16)9-7-11/h2-10H,1H3. The van der Waals surface area contributed by atoms with Gasteiger partial charge < -0.3 is 0 Å². The van der Waals surface area contributed by atoms with Crippen LogP contribution in [-0.2, 0) is 0 Å². The predicted molar refractivity (Wildman–Crippen MR) is 73.3 cm³/mol. The lowest BCUT2D eigenvalue weighted by atomic mass is 9.92. The maximum absolute atomic E-state index is 13.6. The molecule has 1 atom stereocenters. The van der Waals surface area contributed by atoms with Gasteiger partial charge in [-0.25, -0.2) is 4.39 Å². The van der Waals surface area contributed by atoms with Crippen LogP contribution in [0.15, 0.2) is 53.0 Å². The largest absolute Gasteiger partial charge is 0.294 e. The second-order valence-corrected chi connectivity index (χ2v) is 5.03. The van der Waals surface area contributed by atoms with Gasteiger partial charge in [0, 0.05) is 16.0 Å². The van der Waals surface area contributed by atoms with E-state index in [1.54, 1.807) is 49.4 Å². The van der Waals surface area contributed by atoms with Crippen LogP contribution in [-0.4, -0.2) is 5.78 Å². The van der Waals surface area contributed by atoms with Crippen molar-refractivity contribution in [1.29, 1.82) is 0 Å². The second-order valence-electron chi connectivity index (χ2n) is 4.11. The number of ketones is 1. The van der Waals surface area contributed by atoms with E-state index in [-0.39, 0.29) is 11.6 Å². The molecule has 0 bridgehead atoms. The second kappa shape index (κ2) is 5.44. The lowest BCUT2D eigenvalue weighted by molar-refractivity contribution is 0.0964. The molecule has 0 heterocycles. The molecule has 18 heavy (non-hydrogen) atoms. The summed E-state index contributed by atoms with van der Waals surface area (Å²) in [6.07, 6.45) is 0. The van der Waals surface area contributed by atoms with Crippen molar-refractivity contribution in [1.82, 2.24) is 0 Å². The van der Waals surface area contributed by atoms with Gasteiger partial charge in [0.05, 0.1) is 0 Å². The minimum absolute atomic E-state index is 0.0763. The van der Waals surface area contributed by atoms with Crippen LogP contribution < -0.4 is 0 Å². The Kier molecular flexibility index (Phi) is 3.92. The van der Waals surface area contributed by atoms with Crippen molar-refractivity contribution in [3.8, 4) is 0 Å². The average Bonchev–Trinajstić information content (AvgIpc) is 2.38. The van der Waals surface area contributed by atoms with E-state index < -0.39 is 5.92 Å². The minimum Gasteiger partial charge on any atom is -0.294 e. The molecule has 0 radical (unpaired) electrons. The summed E-state index contributed by atoms with van der Waals surface area (Å²) < 4.78 is 14.5. The highest BCUT2D eigenvalue weighted by atomic mass is 79.9. The third-order valence-electron chi connectivity index (χ3n) is 2.89. The van der Waals surface area contributed by atoms with Crippen LogP contribution in [0.5, 0.6) is 0 Å². The first-order chi connectivity index (χ1) is 8.59. The Hall–Kier alpha value is -1.48. The monoisotopic (exact) mass is 306 g/mol. The number of rotatable bonds is 3. The van der Waals surface area contributed by atoms with Gasteiger partial charge in [-0.05, 0) is 23.8 Å². The molecule has 0 aliphatic carbocycles. The van der Waals surface area contributed by atoms with Crippen LogP contribution in [0.25, 0.3) is 0 Å². The lowest BCUT2D eigenvalue weighted by Gasteiger charge is -2.11. The molecule has 0 fully saturated rings. The molecule has 1 unspecified atom stereocenters. The van der Waals surface area contributed by atoms with Gasteiger partial charge in [-0.3, -0.25) is 4.79 Å². The van der Waals surface area contributed by atoms with Gasteiger partial charge in [-0.2, -0.15) is 0 Å². The Morgan fingerprint density at radius 3 is 2.33 bits per heavy atom. The summed E-state index contributed by atoms with van der Waals surface area (Å²) in [5.41, 5.74) is 1.03. The van der Waals surface area contributed by atoms with Crippen LogP contribution in [0, 0.1) is 5.82 Å². The van der Waals surface area contributed by atoms with Gasteiger partial charge in [0.15, 0.2) is 5.78 Å². The molecule has 0 N–H and O–H groups in total. The fourth-order valence-corrected chi connectivity index (χ4v) is 2.10. The predicted octanol–water partition coefficient (Wildman–Crippen LogP) is 4.57. The molecule has 2 rings (SSSR count). The molecule has 0 aliphatic rings. The van der Waals surface area contributed by atoms with Crippen molar-refractivity contribution >= 4 is 21.7 Å². The quantitative estimate of drug-likeness (QED) is 0.759. The molecule has 0 aliphatic heterocycles. The van der Waals surface area contributed by atoms with E-state index in [4.69, 9.17) is 0 Å². The van der Waals surface area contributed by atoms with E-state index >= 15 is 0 Å². The molecule has 0 spiro atoms. The summed E-state index contributed by atoms with van der Waals surface area (Å²) in [5, 5.41) is 0. The van der Waals surface area contributed by atoms with E-state index in [0.717, 1.165) is 4.47 Å². The topological polar surface area (TPSA) is 17.1 Å². The number of carbonyl (C=O) groups excluding carboxylic acids is 1. The first kappa shape index (κ1) is 13.0. The first-order valence-corrected chi connectivity index (χ1v) is 6.43. The molecule has 0 aromatic heterocycles. The fourth-order valence-electron chi connectivity index (χ4n) is 1.83. The van der Waals surface area contributed by atoms with Gasteiger partial charge in [0.1, 0.15) is 5.82 Å². The van der Waals surface area contributed by atoms with Crippen molar-refractivity contribution in [2.24, 2.45) is 0 Å². The summed E-state index contributed by atoms with van der Waals surface area (Å²) in [7, 11) is 0. The van der Waals surface area contributed by atoms with Crippen molar-refractivity contribution in [2.45, 2.75) is 12.8 Å². The Balaban J connectivity index is 2.29. The zero-order valence-electron chi connectivity index (χ0n) is 9.86. The van der Waals surface area contributed by atoms with Crippen molar-refractivity contribution in [3.63, 3.8) is 0 Å². The molecule has 2 aromatic rings. The van der Waals surface area contributed by atoms with Gasteiger partial charge in [-0.1, -0.05) is 53.2 Å². The van der Waals surface area contributed by atoms with E-state index in [0.29, 0.717) is 11.1 Å². The van der Waals surface area contributed by atoms with Crippen molar-refractivity contribution in [3.05, 3.63) is 69.9 Å². The Labute approximate surface area is 114 Å². The van der Waals surface area contributed by atoms with Gasteiger partial charge in [0.2, 0.25) is 0 Å². The lowest BCUT2D eigenvalue weighted by Crippen LogP contribution is -2.11. The number of Topliss-reactive ketones (excluding diaryl/α,β-unsaturated/α-hetero) is 1. The molecule has 2 aromatic carbocycles. The van der Waals surface area contributed by atoms with E-state index in [1.807, 2.05) is 0 Å². The number of halogens is 2. The van der Waals surface area contributed by atoms with Gasteiger partial charge in [0.25, 0.3) is 0 Å². The Bertz CT molecular complexity index is 563. The summed E-state index contributed by atoms with van der Waals surface area (Å²) in [6.45, 7) is 1.72. The van der Waals surface area contributed by atoms with Crippen LogP contribution in [0.3, 0.4) is 0 Å². The zero-order chi connectivity index (χ0) is 13.1. The van der Waals surface area contributed by atoms with Gasteiger partial charge >= 0.3 is 0 Å². The van der Waals surface area contributed by atoms with Crippen molar-refractivity contribution < 1.29 is 9.18 Å². The minimum atomic E-state index is -0.479. The Morgan fingerprint density at radius 2 is 1.72 bits per heavy atom. The third kappa shape index (κ3) is 2.67.